The van der Waals surface area contributed by atoms with Crippen molar-refractivity contribution >= 4 is 23.5 Å². The third-order valence-corrected chi connectivity index (χ3v) is 3.70. The van der Waals surface area contributed by atoms with Crippen molar-refractivity contribution in [1.29, 1.82) is 0 Å². The molecule has 0 saturated carbocycles. The summed E-state index contributed by atoms with van der Waals surface area (Å²) in [5, 5.41) is 0.559. The molecule has 1 fully saturated rings. The van der Waals surface area contributed by atoms with Crippen LogP contribution in [0.15, 0.2) is 24.3 Å². The van der Waals surface area contributed by atoms with Crippen molar-refractivity contribution in [3.63, 3.8) is 0 Å². The number of rotatable bonds is 4. The lowest BCUT2D eigenvalue weighted by Gasteiger charge is -2.31. The van der Waals surface area contributed by atoms with Crippen molar-refractivity contribution in [2.45, 2.75) is 12.8 Å². The number of halogens is 1. The van der Waals surface area contributed by atoms with E-state index >= 15 is 0 Å². The summed E-state index contributed by atoms with van der Waals surface area (Å²) in [4.78, 5) is 25.3. The Morgan fingerprint density at radius 2 is 2.24 bits per heavy atom. The van der Waals surface area contributed by atoms with E-state index in [0.29, 0.717) is 23.9 Å². The van der Waals surface area contributed by atoms with Gasteiger partial charge in [0.15, 0.2) is 6.61 Å². The van der Waals surface area contributed by atoms with Gasteiger partial charge in [0, 0.05) is 18.1 Å². The number of benzene rings is 1. The highest BCUT2D eigenvalue weighted by Crippen LogP contribution is 2.19. The summed E-state index contributed by atoms with van der Waals surface area (Å²) in [5.74, 6) is -0.0805. The standard InChI is InChI=1S/C15H18ClNO4/c1-20-15(19)11-4-3-7-17(9-11)14(18)10-21-13-6-2-5-12(16)8-13/h2,5-6,8,11H,3-4,7,9-10H2,1H3/t11-/m0/s1. The molecule has 1 aliphatic rings. The van der Waals surface area contributed by atoms with Gasteiger partial charge in [0.25, 0.3) is 5.91 Å². The number of carbonyl (C=O) groups excluding carboxylic acids is 2. The van der Waals surface area contributed by atoms with Gasteiger partial charge in [0.05, 0.1) is 13.0 Å². The van der Waals surface area contributed by atoms with Crippen molar-refractivity contribution in [3.8, 4) is 5.75 Å². The van der Waals surface area contributed by atoms with E-state index in [1.54, 1.807) is 29.2 Å². The second-order valence-corrected chi connectivity index (χ2v) is 5.38. The maximum atomic E-state index is 12.1. The highest BCUT2D eigenvalue weighted by atomic mass is 35.5. The van der Waals surface area contributed by atoms with Gasteiger partial charge in [0.2, 0.25) is 0 Å². The summed E-state index contributed by atoms with van der Waals surface area (Å²) in [6.45, 7) is 0.976. The smallest absolute Gasteiger partial charge is 0.310 e. The lowest BCUT2D eigenvalue weighted by atomic mass is 9.98. The molecule has 0 bridgehead atoms. The van der Waals surface area contributed by atoms with Crippen LogP contribution in [0.3, 0.4) is 0 Å². The lowest BCUT2D eigenvalue weighted by Crippen LogP contribution is -2.44. The molecule has 0 radical (unpaired) electrons. The Bertz CT molecular complexity index is 520. The van der Waals surface area contributed by atoms with Gasteiger partial charge in [-0.05, 0) is 31.0 Å². The normalized spacial score (nSPS) is 18.2. The molecular formula is C15H18ClNO4. The molecule has 1 aromatic rings. The number of hydrogen-bond donors (Lipinski definition) is 0. The van der Waals surface area contributed by atoms with Crippen molar-refractivity contribution in [2.75, 3.05) is 26.8 Å². The van der Waals surface area contributed by atoms with Gasteiger partial charge < -0.3 is 14.4 Å². The van der Waals surface area contributed by atoms with Gasteiger partial charge in [0.1, 0.15) is 5.75 Å². The maximum absolute atomic E-state index is 12.1. The van der Waals surface area contributed by atoms with Gasteiger partial charge >= 0.3 is 5.97 Å². The molecule has 0 N–H and O–H groups in total. The molecule has 0 aromatic heterocycles. The highest BCUT2D eigenvalue weighted by molar-refractivity contribution is 6.30. The van der Waals surface area contributed by atoms with Crippen LogP contribution in [-0.2, 0) is 14.3 Å². The largest absolute Gasteiger partial charge is 0.484 e. The van der Waals surface area contributed by atoms with E-state index in [1.807, 2.05) is 0 Å². The fourth-order valence-corrected chi connectivity index (χ4v) is 2.54. The first-order valence-electron chi connectivity index (χ1n) is 6.84. The zero-order valence-corrected chi connectivity index (χ0v) is 12.6. The molecule has 114 valence electrons. The highest BCUT2D eigenvalue weighted by Gasteiger charge is 2.29. The molecule has 0 aliphatic carbocycles. The summed E-state index contributed by atoms with van der Waals surface area (Å²) < 4.78 is 10.2. The average Bonchev–Trinajstić information content (AvgIpc) is 2.52. The summed E-state index contributed by atoms with van der Waals surface area (Å²) in [5.41, 5.74) is 0. The quantitative estimate of drug-likeness (QED) is 0.799. The summed E-state index contributed by atoms with van der Waals surface area (Å²) in [6.07, 6.45) is 1.55. The molecule has 6 heteroatoms. The minimum absolute atomic E-state index is 0.0613. The second-order valence-electron chi connectivity index (χ2n) is 4.95. The van der Waals surface area contributed by atoms with E-state index in [0.717, 1.165) is 12.8 Å². The minimum Gasteiger partial charge on any atom is -0.484 e. The maximum Gasteiger partial charge on any atom is 0.310 e. The number of ether oxygens (including phenoxy) is 2. The van der Waals surface area contributed by atoms with Crippen LogP contribution in [0.4, 0.5) is 0 Å². The third-order valence-electron chi connectivity index (χ3n) is 3.47. The third kappa shape index (κ3) is 4.36. The Hall–Kier alpha value is -1.75. The summed E-state index contributed by atoms with van der Waals surface area (Å²) >= 11 is 5.85. The number of piperidine rings is 1. The molecule has 1 aromatic carbocycles. The summed E-state index contributed by atoms with van der Waals surface area (Å²) in [6, 6.07) is 6.90. The van der Waals surface area contributed by atoms with Crippen LogP contribution in [0.2, 0.25) is 5.02 Å². The van der Waals surface area contributed by atoms with Crippen LogP contribution >= 0.6 is 11.6 Å². The average molecular weight is 312 g/mol. The van der Waals surface area contributed by atoms with E-state index in [-0.39, 0.29) is 24.4 Å². The van der Waals surface area contributed by atoms with Gasteiger partial charge in [-0.1, -0.05) is 17.7 Å². The number of esters is 1. The number of amides is 1. The Morgan fingerprint density at radius 3 is 2.95 bits per heavy atom. The number of methoxy groups -OCH3 is 1. The predicted molar refractivity (Wildman–Crippen MR) is 78.3 cm³/mol. The second kappa shape index (κ2) is 7.31. The predicted octanol–water partition coefficient (Wildman–Crippen LogP) is 2.13. The molecule has 1 saturated heterocycles. The van der Waals surface area contributed by atoms with Gasteiger partial charge in [-0.15, -0.1) is 0 Å². The number of likely N-dealkylation sites (tertiary alicyclic amines) is 1. The van der Waals surface area contributed by atoms with Gasteiger partial charge in [-0.3, -0.25) is 9.59 Å². The molecule has 1 atom stereocenters. The lowest BCUT2D eigenvalue weighted by molar-refractivity contribution is -0.149. The van der Waals surface area contributed by atoms with E-state index in [9.17, 15) is 9.59 Å². The van der Waals surface area contributed by atoms with Crippen LogP contribution in [0.25, 0.3) is 0 Å². The molecular weight excluding hydrogens is 294 g/mol. The van der Waals surface area contributed by atoms with Crippen molar-refractivity contribution < 1.29 is 19.1 Å². The molecule has 1 amide bonds. The molecule has 2 rings (SSSR count). The van der Waals surface area contributed by atoms with Crippen molar-refractivity contribution in [3.05, 3.63) is 29.3 Å². The fourth-order valence-electron chi connectivity index (χ4n) is 2.36. The molecule has 0 spiro atoms. The summed E-state index contributed by atoms with van der Waals surface area (Å²) in [7, 11) is 1.37. The zero-order valence-electron chi connectivity index (χ0n) is 11.9. The van der Waals surface area contributed by atoms with E-state index in [2.05, 4.69) is 0 Å². The van der Waals surface area contributed by atoms with Crippen LogP contribution < -0.4 is 4.74 Å². The number of carbonyl (C=O) groups is 2. The van der Waals surface area contributed by atoms with Crippen molar-refractivity contribution in [2.24, 2.45) is 5.92 Å². The molecule has 21 heavy (non-hydrogen) atoms. The first-order valence-corrected chi connectivity index (χ1v) is 7.22. The Kier molecular flexibility index (Phi) is 5.44. The minimum atomic E-state index is -0.261. The first-order chi connectivity index (χ1) is 10.1. The first kappa shape index (κ1) is 15.6. The van der Waals surface area contributed by atoms with Gasteiger partial charge in [-0.25, -0.2) is 0 Å². The fraction of sp³-hybridized carbons (Fsp3) is 0.467. The Balaban J connectivity index is 1.86. The molecule has 1 heterocycles. The number of hydrogen-bond acceptors (Lipinski definition) is 4. The van der Waals surface area contributed by atoms with E-state index in [4.69, 9.17) is 21.1 Å². The zero-order chi connectivity index (χ0) is 15.2. The van der Waals surface area contributed by atoms with Crippen LogP contribution in [0.1, 0.15) is 12.8 Å². The Labute approximate surface area is 128 Å². The molecule has 5 nitrogen and oxygen atoms in total. The topological polar surface area (TPSA) is 55.8 Å². The van der Waals surface area contributed by atoms with Crippen LogP contribution in [-0.4, -0.2) is 43.6 Å². The van der Waals surface area contributed by atoms with E-state index in [1.165, 1.54) is 7.11 Å². The molecule has 1 aliphatic heterocycles. The molecule has 0 unspecified atom stereocenters. The van der Waals surface area contributed by atoms with Gasteiger partial charge in [-0.2, -0.15) is 0 Å². The SMILES string of the molecule is COC(=O)[C@H]1CCCN(C(=O)COc2cccc(Cl)c2)C1. The van der Waals surface area contributed by atoms with Crippen molar-refractivity contribution in [1.82, 2.24) is 4.90 Å². The van der Waals surface area contributed by atoms with Crippen LogP contribution in [0, 0.1) is 5.92 Å². The van der Waals surface area contributed by atoms with Crippen LogP contribution in [0.5, 0.6) is 5.75 Å². The van der Waals surface area contributed by atoms with E-state index < -0.39 is 0 Å². The Morgan fingerprint density at radius 1 is 1.43 bits per heavy atom. The number of nitrogens with zero attached hydrogens (tertiary/aromatic N) is 1. The monoisotopic (exact) mass is 311 g/mol.